The molecule has 8 nitrogen and oxygen atoms in total. The third kappa shape index (κ3) is 8.82. The molecule has 0 amide bonds. The van der Waals surface area contributed by atoms with Gasteiger partial charge < -0.3 is 17.7 Å². The molecule has 0 fully saturated rings. The van der Waals surface area contributed by atoms with Crippen molar-refractivity contribution in [1.82, 2.24) is 0 Å². The van der Waals surface area contributed by atoms with Crippen molar-refractivity contribution >= 4 is 41.0 Å². The van der Waals surface area contributed by atoms with Crippen LogP contribution >= 0.6 is 0 Å². The molecule has 10 heteroatoms. The second-order valence-electron chi connectivity index (χ2n) is 5.76. The van der Waals surface area contributed by atoms with Crippen LogP contribution in [-0.2, 0) is 36.9 Å². The second kappa shape index (κ2) is 10.3. The summed E-state index contributed by atoms with van der Waals surface area (Å²) in [5, 5.41) is 0. The van der Waals surface area contributed by atoms with E-state index >= 15 is 0 Å². The van der Waals surface area contributed by atoms with Crippen molar-refractivity contribution in [2.45, 2.75) is 72.1 Å². The fourth-order valence-corrected chi connectivity index (χ4v) is 8.22. The van der Waals surface area contributed by atoms with Crippen molar-refractivity contribution in [3.63, 3.8) is 0 Å². The summed E-state index contributed by atoms with van der Waals surface area (Å²) in [4.78, 5) is 45.6. The molecule has 0 aliphatic rings. The highest BCUT2D eigenvalue weighted by Gasteiger charge is 2.46. The lowest BCUT2D eigenvalue weighted by Gasteiger charge is -2.30. The van der Waals surface area contributed by atoms with E-state index < -0.39 is 41.0 Å². The summed E-state index contributed by atoms with van der Waals surface area (Å²) >= 11 is 0. The molecule has 144 valence electrons. The topological polar surface area (TPSA) is 105 Å². The smallest absolute Gasteiger partial charge is 0.463 e. The van der Waals surface area contributed by atoms with E-state index in [1.165, 1.54) is 27.7 Å². The Balaban J connectivity index is 5.21. The van der Waals surface area contributed by atoms with E-state index in [1.807, 2.05) is 0 Å². The van der Waals surface area contributed by atoms with Crippen LogP contribution in [-0.4, -0.2) is 41.0 Å². The molecule has 0 aliphatic heterocycles. The quantitative estimate of drug-likeness (QED) is 0.522. The summed E-state index contributed by atoms with van der Waals surface area (Å²) in [6.45, 7) is 8.66. The van der Waals surface area contributed by atoms with Crippen LogP contribution in [0.15, 0.2) is 0 Å². The van der Waals surface area contributed by atoms with Crippen LogP contribution in [0, 0.1) is 0 Å². The van der Waals surface area contributed by atoms with E-state index in [9.17, 15) is 19.2 Å². The lowest BCUT2D eigenvalue weighted by atomic mass is 10.6. The van der Waals surface area contributed by atoms with Gasteiger partial charge >= 0.3 is 17.1 Å². The molecule has 0 rings (SSSR count). The van der Waals surface area contributed by atoms with Gasteiger partial charge in [-0.25, -0.2) is 0 Å². The Labute approximate surface area is 150 Å². The van der Waals surface area contributed by atoms with Crippen LogP contribution in [0.3, 0.4) is 0 Å². The first-order chi connectivity index (χ1) is 11.5. The first-order valence-corrected chi connectivity index (χ1v) is 12.7. The minimum atomic E-state index is -3.05. The molecule has 0 heterocycles. The van der Waals surface area contributed by atoms with Gasteiger partial charge in [0.1, 0.15) is 0 Å². The first-order valence-electron chi connectivity index (χ1n) is 8.28. The number of carbonyl (C=O) groups excluding carboxylic acids is 4. The number of hydrogen-bond acceptors (Lipinski definition) is 8. The van der Waals surface area contributed by atoms with Crippen molar-refractivity contribution in [2.24, 2.45) is 0 Å². The molecule has 0 radical (unpaired) electrons. The van der Waals surface area contributed by atoms with E-state index in [0.29, 0.717) is 30.6 Å². The van der Waals surface area contributed by atoms with Gasteiger partial charge in [-0.05, 0) is 6.42 Å². The summed E-state index contributed by atoms with van der Waals surface area (Å²) < 4.78 is 21.5. The fraction of sp³-hybridized carbons (Fsp3) is 0.733. The molecule has 0 unspecified atom stereocenters. The van der Waals surface area contributed by atoms with E-state index in [2.05, 4.69) is 0 Å². The van der Waals surface area contributed by atoms with E-state index in [0.717, 1.165) is 0 Å². The Hall–Kier alpha value is -1.69. The normalized spacial score (nSPS) is 11.4. The Morgan fingerprint density at radius 2 is 0.840 bits per heavy atom. The maximum Gasteiger partial charge on any atom is 0.463 e. The van der Waals surface area contributed by atoms with Gasteiger partial charge in [0.15, 0.2) is 0 Å². The monoisotopic (exact) mass is 392 g/mol. The number of hydrogen-bond donors (Lipinski definition) is 0. The summed E-state index contributed by atoms with van der Waals surface area (Å²) in [7, 11) is -6.09. The van der Waals surface area contributed by atoms with E-state index in [1.54, 1.807) is 13.8 Å². The molecule has 0 aromatic rings. The van der Waals surface area contributed by atoms with Crippen molar-refractivity contribution in [3.05, 3.63) is 0 Å². The van der Waals surface area contributed by atoms with Gasteiger partial charge in [0.25, 0.3) is 23.9 Å². The average Bonchev–Trinajstić information content (AvgIpc) is 2.44. The minimum Gasteiger partial charge on any atom is -0.485 e. The largest absolute Gasteiger partial charge is 0.485 e. The molecule has 0 aromatic carbocycles. The molecule has 0 bridgehead atoms. The third-order valence-corrected chi connectivity index (χ3v) is 10.5. The van der Waals surface area contributed by atoms with Gasteiger partial charge in [0, 0.05) is 51.9 Å². The lowest BCUT2D eigenvalue weighted by Crippen LogP contribution is -2.47. The third-order valence-electron chi connectivity index (χ3n) is 3.51. The Kier molecular flexibility index (Phi) is 9.64. The first kappa shape index (κ1) is 23.3. The van der Waals surface area contributed by atoms with Crippen molar-refractivity contribution in [3.8, 4) is 0 Å². The Bertz CT molecular complexity index is 430. The van der Waals surface area contributed by atoms with Crippen LogP contribution in [0.25, 0.3) is 0 Å². The zero-order chi connectivity index (χ0) is 19.7. The van der Waals surface area contributed by atoms with Crippen molar-refractivity contribution < 1.29 is 36.9 Å². The highest BCUT2D eigenvalue weighted by Crippen LogP contribution is 2.28. The van der Waals surface area contributed by atoms with Crippen molar-refractivity contribution in [1.29, 1.82) is 0 Å². The summed E-state index contributed by atoms with van der Waals surface area (Å²) in [6, 6.07) is 1.52. The summed E-state index contributed by atoms with van der Waals surface area (Å²) in [6.07, 6.45) is 0.446. The van der Waals surface area contributed by atoms with Gasteiger partial charge in [-0.2, -0.15) is 0 Å². The van der Waals surface area contributed by atoms with Crippen LogP contribution < -0.4 is 0 Å². The second-order valence-corrected chi connectivity index (χ2v) is 12.6. The molecule has 0 spiro atoms. The van der Waals surface area contributed by atoms with Gasteiger partial charge in [0.05, 0.1) is 0 Å². The Morgan fingerprint density at radius 3 is 1.00 bits per heavy atom. The van der Waals surface area contributed by atoms with Gasteiger partial charge in [-0.3, -0.25) is 19.2 Å². The van der Waals surface area contributed by atoms with Gasteiger partial charge in [-0.1, -0.05) is 13.8 Å². The highest BCUT2D eigenvalue weighted by molar-refractivity contribution is 6.72. The molecule has 0 saturated carbocycles. The van der Waals surface area contributed by atoms with Gasteiger partial charge in [-0.15, -0.1) is 0 Å². The molecular formula is C15H28O8Si2. The van der Waals surface area contributed by atoms with E-state index in [4.69, 9.17) is 17.7 Å². The molecule has 0 N–H and O–H groups in total. The van der Waals surface area contributed by atoms with Crippen LogP contribution in [0.2, 0.25) is 24.2 Å². The predicted molar refractivity (Wildman–Crippen MR) is 93.8 cm³/mol. The highest BCUT2D eigenvalue weighted by atomic mass is 28.4. The maximum atomic E-state index is 11.4. The SMILES string of the molecule is CC[Si](CCC[Si](CC)(OC(C)=O)OC(C)=O)(OC(C)=O)OC(C)=O. The van der Waals surface area contributed by atoms with Crippen LogP contribution in [0.1, 0.15) is 48.0 Å². The Morgan fingerprint density at radius 1 is 0.600 bits per heavy atom. The van der Waals surface area contributed by atoms with Crippen LogP contribution in [0.4, 0.5) is 0 Å². The standard InChI is InChI=1S/C15H28O8Si2/c1-7-24(20-12(3)16,21-13(4)17)10-9-11-25(8-2,22-14(5)18)23-15(6)19/h7-11H2,1-6H3. The predicted octanol–water partition coefficient (Wildman–Crippen LogP) is 2.55. The molecular weight excluding hydrogens is 364 g/mol. The van der Waals surface area contributed by atoms with E-state index in [-0.39, 0.29) is 0 Å². The fourth-order valence-electron chi connectivity index (χ4n) is 2.56. The molecule has 0 atom stereocenters. The lowest BCUT2D eigenvalue weighted by molar-refractivity contribution is -0.140. The summed E-state index contributed by atoms with van der Waals surface area (Å²) in [5.74, 6) is -2.02. The molecule has 0 saturated heterocycles. The van der Waals surface area contributed by atoms with Gasteiger partial charge in [0.2, 0.25) is 0 Å². The zero-order valence-electron chi connectivity index (χ0n) is 15.8. The molecule has 0 aliphatic carbocycles. The minimum absolute atomic E-state index is 0.347. The summed E-state index contributed by atoms with van der Waals surface area (Å²) in [5.41, 5.74) is 0. The molecule has 25 heavy (non-hydrogen) atoms. The maximum absolute atomic E-state index is 11.4. The number of rotatable bonds is 10. The van der Waals surface area contributed by atoms with Crippen molar-refractivity contribution in [2.75, 3.05) is 0 Å². The molecule has 0 aromatic heterocycles. The zero-order valence-corrected chi connectivity index (χ0v) is 17.8. The van der Waals surface area contributed by atoms with Crippen LogP contribution in [0.5, 0.6) is 0 Å². The average molecular weight is 393 g/mol. The number of carbonyl (C=O) groups is 4.